The molecular weight excluding hydrogens is 247 g/mol. The number of halogens is 1. The summed E-state index contributed by atoms with van der Waals surface area (Å²) in [7, 11) is 0. The van der Waals surface area contributed by atoms with E-state index in [1.807, 2.05) is 11.8 Å². The smallest absolute Gasteiger partial charge is 0.227 e. The maximum atomic E-state index is 13.1. The summed E-state index contributed by atoms with van der Waals surface area (Å²) in [6, 6.07) is 0. The number of nitrogens with two attached hydrogens (primary N) is 1. The molecule has 1 aliphatic rings. The topological polar surface area (TPSA) is 64.3 Å². The SMILES string of the molecule is CCC(C)[C@@H]1CN(c2ncc(F)c(N)n2)C[C@H](C)O1. The molecule has 3 atom stereocenters. The number of nitrogens with zero attached hydrogens (tertiary/aromatic N) is 3. The van der Waals surface area contributed by atoms with Gasteiger partial charge in [-0.3, -0.25) is 0 Å². The molecule has 1 aliphatic heterocycles. The van der Waals surface area contributed by atoms with Crippen LogP contribution in [0.4, 0.5) is 16.2 Å². The maximum Gasteiger partial charge on any atom is 0.227 e. The van der Waals surface area contributed by atoms with Crippen LogP contribution >= 0.6 is 0 Å². The van der Waals surface area contributed by atoms with Crippen LogP contribution in [-0.4, -0.2) is 35.3 Å². The van der Waals surface area contributed by atoms with E-state index in [-0.39, 0.29) is 18.0 Å². The van der Waals surface area contributed by atoms with Crippen LogP contribution in [0, 0.1) is 11.7 Å². The third-order valence-corrected chi connectivity index (χ3v) is 3.60. The van der Waals surface area contributed by atoms with Crippen molar-refractivity contribution in [3.8, 4) is 0 Å². The third kappa shape index (κ3) is 3.12. The molecular formula is C13H21FN4O. The zero-order valence-corrected chi connectivity index (χ0v) is 11.6. The van der Waals surface area contributed by atoms with E-state index in [0.717, 1.165) is 12.6 Å². The van der Waals surface area contributed by atoms with Gasteiger partial charge in [0.05, 0.1) is 18.4 Å². The summed E-state index contributed by atoms with van der Waals surface area (Å²) in [5.41, 5.74) is 5.50. The van der Waals surface area contributed by atoms with Crippen LogP contribution in [0.2, 0.25) is 0 Å². The molecule has 5 nitrogen and oxygen atoms in total. The first-order chi connectivity index (χ1) is 9.01. The first kappa shape index (κ1) is 14.0. The van der Waals surface area contributed by atoms with Gasteiger partial charge in [-0.25, -0.2) is 9.37 Å². The normalized spacial score (nSPS) is 25.4. The first-order valence-electron chi connectivity index (χ1n) is 6.69. The third-order valence-electron chi connectivity index (χ3n) is 3.60. The molecule has 1 unspecified atom stereocenters. The molecule has 6 heteroatoms. The van der Waals surface area contributed by atoms with E-state index >= 15 is 0 Å². The second-order valence-electron chi connectivity index (χ2n) is 5.18. The van der Waals surface area contributed by atoms with E-state index in [4.69, 9.17) is 10.5 Å². The zero-order chi connectivity index (χ0) is 14.0. The summed E-state index contributed by atoms with van der Waals surface area (Å²) in [5, 5.41) is 0. The molecule has 2 rings (SSSR count). The molecule has 2 N–H and O–H groups in total. The van der Waals surface area contributed by atoms with Crippen LogP contribution in [0.3, 0.4) is 0 Å². The molecule has 106 valence electrons. The Morgan fingerprint density at radius 2 is 2.32 bits per heavy atom. The van der Waals surface area contributed by atoms with Gasteiger partial charge >= 0.3 is 0 Å². The predicted molar refractivity (Wildman–Crippen MR) is 72.4 cm³/mol. The summed E-state index contributed by atoms with van der Waals surface area (Å²) >= 11 is 0. The monoisotopic (exact) mass is 268 g/mol. The second kappa shape index (κ2) is 5.69. The highest BCUT2D eigenvalue weighted by Gasteiger charge is 2.29. The quantitative estimate of drug-likeness (QED) is 0.906. The van der Waals surface area contributed by atoms with Crippen LogP contribution in [-0.2, 0) is 4.74 Å². The van der Waals surface area contributed by atoms with E-state index < -0.39 is 5.82 Å². The highest BCUT2D eigenvalue weighted by Crippen LogP contribution is 2.23. The lowest BCUT2D eigenvalue weighted by Crippen LogP contribution is -2.49. The molecule has 0 amide bonds. The van der Waals surface area contributed by atoms with E-state index in [1.54, 1.807) is 0 Å². The van der Waals surface area contributed by atoms with Crippen molar-refractivity contribution >= 4 is 11.8 Å². The predicted octanol–water partition coefficient (Wildman–Crippen LogP) is 1.84. The lowest BCUT2D eigenvalue weighted by Gasteiger charge is -2.39. The molecule has 1 aromatic heterocycles. The number of hydrogen-bond donors (Lipinski definition) is 1. The highest BCUT2D eigenvalue weighted by atomic mass is 19.1. The molecule has 0 bridgehead atoms. The summed E-state index contributed by atoms with van der Waals surface area (Å²) in [4.78, 5) is 10.0. The fourth-order valence-corrected chi connectivity index (χ4v) is 2.25. The van der Waals surface area contributed by atoms with Gasteiger partial charge in [0.2, 0.25) is 5.95 Å². The minimum absolute atomic E-state index is 0.0997. The number of aromatic nitrogens is 2. The van der Waals surface area contributed by atoms with Gasteiger partial charge in [-0.15, -0.1) is 0 Å². The fourth-order valence-electron chi connectivity index (χ4n) is 2.25. The van der Waals surface area contributed by atoms with Crippen LogP contribution in [0.5, 0.6) is 0 Å². The first-order valence-corrected chi connectivity index (χ1v) is 6.69. The molecule has 0 saturated carbocycles. The van der Waals surface area contributed by atoms with Crippen LogP contribution in [0.25, 0.3) is 0 Å². The standard InChI is InChI=1S/C13H21FN4O/c1-4-8(2)11-7-18(6-9(3)19-11)13-16-5-10(14)12(15)17-13/h5,8-9,11H,4,6-7H2,1-3H3,(H2,15,16,17)/t8?,9-,11-/m0/s1. The molecule has 0 spiro atoms. The van der Waals surface area contributed by atoms with Crippen molar-refractivity contribution in [2.24, 2.45) is 5.92 Å². The Labute approximate surface area is 113 Å². The Bertz CT molecular complexity index is 443. The maximum absolute atomic E-state index is 13.1. The van der Waals surface area contributed by atoms with Gasteiger partial charge in [0.1, 0.15) is 0 Å². The zero-order valence-electron chi connectivity index (χ0n) is 11.6. The number of nitrogen functional groups attached to an aromatic ring is 1. The minimum atomic E-state index is -0.580. The number of hydrogen-bond acceptors (Lipinski definition) is 5. The molecule has 1 fully saturated rings. The van der Waals surface area contributed by atoms with Gasteiger partial charge in [-0.05, 0) is 12.8 Å². The molecule has 1 saturated heterocycles. The molecule has 19 heavy (non-hydrogen) atoms. The largest absolute Gasteiger partial charge is 0.381 e. The van der Waals surface area contributed by atoms with E-state index in [1.165, 1.54) is 0 Å². The Morgan fingerprint density at radius 1 is 1.58 bits per heavy atom. The second-order valence-corrected chi connectivity index (χ2v) is 5.18. The van der Waals surface area contributed by atoms with E-state index in [2.05, 4.69) is 23.8 Å². The van der Waals surface area contributed by atoms with Crippen LogP contribution in [0.1, 0.15) is 27.2 Å². The molecule has 2 heterocycles. The summed E-state index contributed by atoms with van der Waals surface area (Å²) in [6.07, 6.45) is 2.42. The van der Waals surface area contributed by atoms with Gasteiger partial charge < -0.3 is 15.4 Å². The molecule has 1 aromatic rings. The van der Waals surface area contributed by atoms with Crippen molar-refractivity contribution in [2.75, 3.05) is 23.7 Å². The Hall–Kier alpha value is -1.43. The van der Waals surface area contributed by atoms with Crippen molar-refractivity contribution in [3.05, 3.63) is 12.0 Å². The molecule has 0 aliphatic carbocycles. The summed E-state index contributed by atoms with van der Waals surface area (Å²) in [5.74, 6) is 0.248. The summed E-state index contributed by atoms with van der Waals surface area (Å²) in [6.45, 7) is 7.74. The van der Waals surface area contributed by atoms with Crippen molar-refractivity contribution < 1.29 is 9.13 Å². The average Bonchev–Trinajstić information content (AvgIpc) is 2.40. The van der Waals surface area contributed by atoms with Crippen molar-refractivity contribution in [1.82, 2.24) is 9.97 Å². The van der Waals surface area contributed by atoms with Gasteiger partial charge in [0, 0.05) is 13.1 Å². The molecule has 0 aromatic carbocycles. The molecule has 0 radical (unpaired) electrons. The number of rotatable bonds is 3. The Balaban J connectivity index is 2.16. The number of anilines is 2. The van der Waals surface area contributed by atoms with Gasteiger partial charge in [-0.2, -0.15) is 4.98 Å². The van der Waals surface area contributed by atoms with Crippen molar-refractivity contribution in [1.29, 1.82) is 0 Å². The number of morpholine rings is 1. The lowest BCUT2D eigenvalue weighted by atomic mass is 10.00. The fraction of sp³-hybridized carbons (Fsp3) is 0.692. The Morgan fingerprint density at radius 3 is 2.95 bits per heavy atom. The minimum Gasteiger partial charge on any atom is -0.381 e. The van der Waals surface area contributed by atoms with Gasteiger partial charge in [0.15, 0.2) is 11.6 Å². The number of ether oxygens (including phenoxy) is 1. The van der Waals surface area contributed by atoms with Gasteiger partial charge in [0.25, 0.3) is 0 Å². The van der Waals surface area contributed by atoms with Crippen molar-refractivity contribution in [2.45, 2.75) is 39.4 Å². The van der Waals surface area contributed by atoms with Crippen LogP contribution < -0.4 is 10.6 Å². The van der Waals surface area contributed by atoms with E-state index in [9.17, 15) is 4.39 Å². The highest BCUT2D eigenvalue weighted by molar-refractivity contribution is 5.39. The van der Waals surface area contributed by atoms with Crippen molar-refractivity contribution in [3.63, 3.8) is 0 Å². The average molecular weight is 268 g/mol. The van der Waals surface area contributed by atoms with Crippen LogP contribution in [0.15, 0.2) is 6.20 Å². The Kier molecular flexibility index (Phi) is 4.19. The lowest BCUT2D eigenvalue weighted by molar-refractivity contribution is -0.0438. The van der Waals surface area contributed by atoms with E-state index in [0.29, 0.717) is 25.0 Å². The van der Waals surface area contributed by atoms with Gasteiger partial charge in [-0.1, -0.05) is 20.3 Å². The summed E-state index contributed by atoms with van der Waals surface area (Å²) < 4.78 is 19.1.